The van der Waals surface area contributed by atoms with Gasteiger partial charge in [-0.15, -0.1) is 11.8 Å². The number of hydrogen-bond acceptors (Lipinski definition) is 3. The van der Waals surface area contributed by atoms with Crippen LogP contribution in [0.15, 0.2) is 24.3 Å². The number of amides is 1. The van der Waals surface area contributed by atoms with Crippen molar-refractivity contribution in [2.24, 2.45) is 0 Å². The maximum Gasteiger partial charge on any atom is 0.233 e. The molecule has 3 nitrogen and oxygen atoms in total. The van der Waals surface area contributed by atoms with Crippen molar-refractivity contribution in [1.29, 1.82) is 0 Å². The van der Waals surface area contributed by atoms with Gasteiger partial charge in [-0.3, -0.25) is 4.79 Å². The van der Waals surface area contributed by atoms with Crippen molar-refractivity contribution in [3.63, 3.8) is 0 Å². The van der Waals surface area contributed by atoms with Crippen molar-refractivity contribution in [3.05, 3.63) is 29.8 Å². The number of hydrogen-bond donors (Lipinski definition) is 1. The topological polar surface area (TPSA) is 38.3 Å². The van der Waals surface area contributed by atoms with Crippen molar-refractivity contribution in [2.75, 3.05) is 12.9 Å². The Morgan fingerprint density at radius 2 is 2.26 bits per heavy atom. The van der Waals surface area contributed by atoms with Crippen molar-refractivity contribution in [2.45, 2.75) is 38.5 Å². The summed E-state index contributed by atoms with van der Waals surface area (Å²) in [5.41, 5.74) is 1.05. The van der Waals surface area contributed by atoms with Gasteiger partial charge in [-0.1, -0.05) is 25.5 Å². The molecule has 1 aromatic carbocycles. The summed E-state index contributed by atoms with van der Waals surface area (Å²) in [7, 11) is 1.64. The van der Waals surface area contributed by atoms with E-state index >= 15 is 0 Å². The van der Waals surface area contributed by atoms with Crippen LogP contribution in [0.25, 0.3) is 0 Å². The van der Waals surface area contributed by atoms with Gasteiger partial charge < -0.3 is 10.1 Å². The van der Waals surface area contributed by atoms with Crippen LogP contribution in [0.2, 0.25) is 0 Å². The highest BCUT2D eigenvalue weighted by molar-refractivity contribution is 8.00. The fourth-order valence-electron chi connectivity index (χ4n) is 1.60. The van der Waals surface area contributed by atoms with Gasteiger partial charge in [0.25, 0.3) is 0 Å². The molecule has 19 heavy (non-hydrogen) atoms. The highest BCUT2D eigenvalue weighted by Crippen LogP contribution is 2.14. The van der Waals surface area contributed by atoms with E-state index < -0.39 is 0 Å². The molecule has 0 radical (unpaired) electrons. The molecule has 106 valence electrons. The lowest BCUT2D eigenvalue weighted by Gasteiger charge is -2.12. The quantitative estimate of drug-likeness (QED) is 0.743. The Bertz CT molecular complexity index is 395. The number of unbranched alkanes of at least 4 members (excludes halogenated alkanes) is 1. The highest BCUT2D eigenvalue weighted by atomic mass is 32.2. The zero-order chi connectivity index (χ0) is 14.1. The molecule has 0 fully saturated rings. The van der Waals surface area contributed by atoms with E-state index in [-0.39, 0.29) is 11.2 Å². The predicted octanol–water partition coefficient (Wildman–Crippen LogP) is 3.23. The zero-order valence-electron chi connectivity index (χ0n) is 11.9. The molecule has 1 unspecified atom stereocenters. The van der Waals surface area contributed by atoms with Gasteiger partial charge in [-0.2, -0.15) is 0 Å². The molecule has 1 N–H and O–H groups in total. The molecular weight excluding hydrogens is 258 g/mol. The first-order valence-corrected chi connectivity index (χ1v) is 7.74. The van der Waals surface area contributed by atoms with Crippen LogP contribution in [0.3, 0.4) is 0 Å². The van der Waals surface area contributed by atoms with Gasteiger partial charge >= 0.3 is 0 Å². The lowest BCUT2D eigenvalue weighted by atomic mass is 10.2. The minimum atomic E-state index is 0.0113. The SMILES string of the molecule is CCCCSC(C)C(=O)NCc1cccc(OC)c1. The van der Waals surface area contributed by atoms with E-state index in [2.05, 4.69) is 12.2 Å². The molecule has 0 saturated carbocycles. The Hall–Kier alpha value is -1.16. The van der Waals surface area contributed by atoms with Gasteiger partial charge in [-0.25, -0.2) is 0 Å². The van der Waals surface area contributed by atoms with E-state index in [0.717, 1.165) is 23.5 Å². The Morgan fingerprint density at radius 1 is 1.47 bits per heavy atom. The second-order valence-corrected chi connectivity index (χ2v) is 5.88. The number of nitrogens with one attached hydrogen (secondary N) is 1. The van der Waals surface area contributed by atoms with Gasteiger partial charge in [0.1, 0.15) is 5.75 Å². The number of thioether (sulfide) groups is 1. The predicted molar refractivity (Wildman–Crippen MR) is 81.7 cm³/mol. The lowest BCUT2D eigenvalue weighted by molar-refractivity contribution is -0.120. The largest absolute Gasteiger partial charge is 0.497 e. The lowest BCUT2D eigenvalue weighted by Crippen LogP contribution is -2.30. The molecule has 1 aromatic rings. The normalized spacial score (nSPS) is 11.9. The van der Waals surface area contributed by atoms with Crippen LogP contribution in [0.5, 0.6) is 5.75 Å². The summed E-state index contributed by atoms with van der Waals surface area (Å²) in [6.45, 7) is 4.67. The average molecular weight is 281 g/mol. The van der Waals surface area contributed by atoms with Crippen LogP contribution in [0.1, 0.15) is 32.3 Å². The molecular formula is C15H23NO2S. The number of ether oxygens (including phenoxy) is 1. The number of carbonyl (C=O) groups is 1. The molecule has 1 rings (SSSR count). The second-order valence-electron chi connectivity index (χ2n) is 4.44. The zero-order valence-corrected chi connectivity index (χ0v) is 12.8. The summed E-state index contributed by atoms with van der Waals surface area (Å²) in [5, 5.41) is 2.97. The van der Waals surface area contributed by atoms with Crippen LogP contribution >= 0.6 is 11.8 Å². The smallest absolute Gasteiger partial charge is 0.233 e. The third kappa shape index (κ3) is 6.01. The van der Waals surface area contributed by atoms with Gasteiger partial charge in [0, 0.05) is 6.54 Å². The third-order valence-corrected chi connectivity index (χ3v) is 4.07. The summed E-state index contributed by atoms with van der Waals surface area (Å²) in [6.07, 6.45) is 2.34. The number of methoxy groups -OCH3 is 1. The number of benzene rings is 1. The molecule has 1 atom stereocenters. The summed E-state index contributed by atoms with van der Waals surface area (Å²) in [5.74, 6) is 1.96. The van der Waals surface area contributed by atoms with E-state index in [1.165, 1.54) is 6.42 Å². The minimum Gasteiger partial charge on any atom is -0.497 e. The van der Waals surface area contributed by atoms with Crippen molar-refractivity contribution >= 4 is 17.7 Å². The summed E-state index contributed by atoms with van der Waals surface area (Å²) < 4.78 is 5.16. The van der Waals surface area contributed by atoms with Gasteiger partial charge in [-0.05, 0) is 36.8 Å². The van der Waals surface area contributed by atoms with E-state index in [4.69, 9.17) is 4.74 Å². The first-order valence-electron chi connectivity index (χ1n) is 6.69. The minimum absolute atomic E-state index is 0.0113. The fraction of sp³-hybridized carbons (Fsp3) is 0.533. The van der Waals surface area contributed by atoms with Gasteiger partial charge in [0.2, 0.25) is 5.91 Å². The second kappa shape index (κ2) is 8.86. The summed E-state index contributed by atoms with van der Waals surface area (Å²) in [6, 6.07) is 7.75. The Labute approximate surface area is 120 Å². The van der Waals surface area contributed by atoms with Gasteiger partial charge in [0.05, 0.1) is 12.4 Å². The van der Waals surface area contributed by atoms with E-state index in [9.17, 15) is 4.79 Å². The molecule has 0 aliphatic carbocycles. The Morgan fingerprint density at radius 3 is 2.95 bits per heavy atom. The molecule has 4 heteroatoms. The number of rotatable bonds is 8. The van der Waals surface area contributed by atoms with Crippen molar-refractivity contribution in [3.8, 4) is 5.75 Å². The highest BCUT2D eigenvalue weighted by Gasteiger charge is 2.12. The maximum absolute atomic E-state index is 11.9. The van der Waals surface area contributed by atoms with Crippen LogP contribution in [-0.4, -0.2) is 24.0 Å². The van der Waals surface area contributed by atoms with Crippen molar-refractivity contribution in [1.82, 2.24) is 5.32 Å². The monoisotopic (exact) mass is 281 g/mol. The first-order chi connectivity index (χ1) is 9.17. The third-order valence-electron chi connectivity index (χ3n) is 2.84. The fourth-order valence-corrected chi connectivity index (χ4v) is 2.64. The number of carbonyl (C=O) groups excluding carboxylic acids is 1. The molecule has 0 bridgehead atoms. The van der Waals surface area contributed by atoms with Crippen LogP contribution in [0, 0.1) is 0 Å². The van der Waals surface area contributed by atoms with Crippen molar-refractivity contribution < 1.29 is 9.53 Å². The Balaban J connectivity index is 2.36. The Kier molecular flexibility index (Phi) is 7.41. The molecule has 0 aromatic heterocycles. The molecule has 0 heterocycles. The molecule has 0 aliphatic rings. The first kappa shape index (κ1) is 15.9. The summed E-state index contributed by atoms with van der Waals surface area (Å²) >= 11 is 1.72. The summed E-state index contributed by atoms with van der Waals surface area (Å²) in [4.78, 5) is 11.9. The maximum atomic E-state index is 11.9. The van der Waals surface area contributed by atoms with E-state index in [1.807, 2.05) is 31.2 Å². The van der Waals surface area contributed by atoms with E-state index in [1.54, 1.807) is 18.9 Å². The molecule has 0 aliphatic heterocycles. The standard InChI is InChI=1S/C15H23NO2S/c1-4-5-9-19-12(2)15(17)16-11-13-7-6-8-14(10-13)18-3/h6-8,10,12H,4-5,9,11H2,1-3H3,(H,16,17). The molecule has 0 saturated heterocycles. The van der Waals surface area contributed by atoms with Crippen LogP contribution in [0.4, 0.5) is 0 Å². The van der Waals surface area contributed by atoms with Gasteiger partial charge in [0.15, 0.2) is 0 Å². The van der Waals surface area contributed by atoms with E-state index in [0.29, 0.717) is 6.54 Å². The molecule has 1 amide bonds. The molecule has 0 spiro atoms. The average Bonchev–Trinajstić information content (AvgIpc) is 2.45. The van der Waals surface area contributed by atoms with Crippen LogP contribution < -0.4 is 10.1 Å². The van der Waals surface area contributed by atoms with Crippen LogP contribution in [-0.2, 0) is 11.3 Å².